The summed E-state index contributed by atoms with van der Waals surface area (Å²) in [5.41, 5.74) is -0.568. The molecule has 1 aliphatic rings. The molecule has 1 aliphatic heterocycles. The van der Waals surface area contributed by atoms with Gasteiger partial charge < -0.3 is 14.9 Å². The molecule has 0 saturated carbocycles. The maximum atomic E-state index is 12.4. The quantitative estimate of drug-likeness (QED) is 0.867. The Balaban J connectivity index is 2.63. The normalized spacial score (nSPS) is 18.4. The molecule has 5 heteroatoms. The minimum atomic E-state index is -0.709. The van der Waals surface area contributed by atoms with Crippen molar-refractivity contribution in [1.82, 2.24) is 9.80 Å². The van der Waals surface area contributed by atoms with Crippen molar-refractivity contribution in [3.63, 3.8) is 0 Å². The third-order valence-electron chi connectivity index (χ3n) is 4.21. The molecule has 1 fully saturated rings. The van der Waals surface area contributed by atoms with Gasteiger partial charge in [0, 0.05) is 26.7 Å². The number of amides is 2. The SMILES string of the molecule is CCCC1(C(=O)O)CCN(C(=O)N(C)CC(C)(C)C)CC1. The minimum absolute atomic E-state index is 0.0143. The molecular weight excluding hydrogens is 268 g/mol. The van der Waals surface area contributed by atoms with Crippen molar-refractivity contribution in [2.24, 2.45) is 10.8 Å². The van der Waals surface area contributed by atoms with Gasteiger partial charge in [0.1, 0.15) is 0 Å². The van der Waals surface area contributed by atoms with Crippen LogP contribution in [0.25, 0.3) is 0 Å². The summed E-state index contributed by atoms with van der Waals surface area (Å²) in [6.45, 7) is 10.1. The van der Waals surface area contributed by atoms with Crippen molar-refractivity contribution in [3.05, 3.63) is 0 Å². The van der Waals surface area contributed by atoms with E-state index in [0.717, 1.165) is 6.42 Å². The van der Waals surface area contributed by atoms with Crippen LogP contribution in [0.1, 0.15) is 53.4 Å². The molecule has 0 bridgehead atoms. The van der Waals surface area contributed by atoms with Gasteiger partial charge in [-0.05, 0) is 24.7 Å². The van der Waals surface area contributed by atoms with E-state index in [4.69, 9.17) is 0 Å². The van der Waals surface area contributed by atoms with Crippen molar-refractivity contribution < 1.29 is 14.7 Å². The number of urea groups is 1. The highest BCUT2D eigenvalue weighted by molar-refractivity contribution is 5.77. The fraction of sp³-hybridized carbons (Fsp3) is 0.875. The van der Waals surface area contributed by atoms with E-state index < -0.39 is 11.4 Å². The largest absolute Gasteiger partial charge is 0.481 e. The molecule has 1 rings (SSSR count). The maximum Gasteiger partial charge on any atom is 0.319 e. The first-order chi connectivity index (χ1) is 9.61. The average molecular weight is 298 g/mol. The highest BCUT2D eigenvalue weighted by Crippen LogP contribution is 2.36. The van der Waals surface area contributed by atoms with Crippen molar-refractivity contribution in [3.8, 4) is 0 Å². The predicted molar refractivity (Wildman–Crippen MR) is 83.3 cm³/mol. The lowest BCUT2D eigenvalue weighted by Crippen LogP contribution is -2.51. The molecule has 1 saturated heterocycles. The Kier molecular flexibility index (Phi) is 5.65. The molecule has 0 aliphatic carbocycles. The second-order valence-electron chi connectivity index (χ2n) is 7.52. The molecule has 1 N–H and O–H groups in total. The topological polar surface area (TPSA) is 60.9 Å². The van der Waals surface area contributed by atoms with E-state index in [2.05, 4.69) is 20.8 Å². The van der Waals surface area contributed by atoms with Gasteiger partial charge in [-0.2, -0.15) is 0 Å². The van der Waals surface area contributed by atoms with Gasteiger partial charge in [0.15, 0.2) is 0 Å². The molecule has 2 amide bonds. The molecule has 0 spiro atoms. The summed E-state index contributed by atoms with van der Waals surface area (Å²) in [5.74, 6) is -0.709. The number of piperidine rings is 1. The zero-order chi connectivity index (χ0) is 16.3. The zero-order valence-electron chi connectivity index (χ0n) is 14.1. The summed E-state index contributed by atoms with van der Waals surface area (Å²) >= 11 is 0. The van der Waals surface area contributed by atoms with Gasteiger partial charge in [0.25, 0.3) is 0 Å². The number of carbonyl (C=O) groups is 2. The van der Waals surface area contributed by atoms with Crippen LogP contribution in [-0.2, 0) is 4.79 Å². The number of likely N-dealkylation sites (tertiary alicyclic amines) is 1. The van der Waals surface area contributed by atoms with Crippen molar-refractivity contribution in [2.45, 2.75) is 53.4 Å². The van der Waals surface area contributed by atoms with Crippen LogP contribution in [0.2, 0.25) is 0 Å². The lowest BCUT2D eigenvalue weighted by molar-refractivity contribution is -0.152. The Morgan fingerprint density at radius 1 is 1.24 bits per heavy atom. The van der Waals surface area contributed by atoms with Gasteiger partial charge in [-0.3, -0.25) is 4.79 Å². The van der Waals surface area contributed by atoms with E-state index in [9.17, 15) is 14.7 Å². The highest BCUT2D eigenvalue weighted by atomic mass is 16.4. The Morgan fingerprint density at radius 3 is 2.14 bits per heavy atom. The fourth-order valence-electron chi connectivity index (χ4n) is 3.20. The highest BCUT2D eigenvalue weighted by Gasteiger charge is 2.42. The number of aliphatic carboxylic acids is 1. The molecule has 0 aromatic carbocycles. The molecular formula is C16H30N2O3. The fourth-order valence-corrected chi connectivity index (χ4v) is 3.20. The van der Waals surface area contributed by atoms with E-state index in [1.807, 2.05) is 14.0 Å². The Labute approximate surface area is 128 Å². The summed E-state index contributed by atoms with van der Waals surface area (Å²) in [7, 11) is 1.82. The molecule has 0 aromatic rings. The van der Waals surface area contributed by atoms with Crippen molar-refractivity contribution >= 4 is 12.0 Å². The van der Waals surface area contributed by atoms with E-state index in [-0.39, 0.29) is 11.4 Å². The monoisotopic (exact) mass is 298 g/mol. The first-order valence-electron chi connectivity index (χ1n) is 7.85. The number of hydrogen-bond acceptors (Lipinski definition) is 2. The zero-order valence-corrected chi connectivity index (χ0v) is 14.1. The molecule has 21 heavy (non-hydrogen) atoms. The van der Waals surface area contributed by atoms with Crippen LogP contribution in [0.5, 0.6) is 0 Å². The second-order valence-corrected chi connectivity index (χ2v) is 7.52. The lowest BCUT2D eigenvalue weighted by atomic mass is 9.75. The van der Waals surface area contributed by atoms with Gasteiger partial charge >= 0.3 is 12.0 Å². The molecule has 0 unspecified atom stereocenters. The van der Waals surface area contributed by atoms with Crippen LogP contribution in [0.15, 0.2) is 0 Å². The van der Waals surface area contributed by atoms with Gasteiger partial charge in [-0.25, -0.2) is 4.79 Å². The minimum Gasteiger partial charge on any atom is -0.481 e. The first-order valence-corrected chi connectivity index (χ1v) is 7.85. The van der Waals surface area contributed by atoms with E-state index in [0.29, 0.717) is 38.9 Å². The number of rotatable bonds is 4. The summed E-state index contributed by atoms with van der Waals surface area (Å²) in [6, 6.07) is 0.0143. The van der Waals surface area contributed by atoms with Crippen molar-refractivity contribution in [1.29, 1.82) is 0 Å². The lowest BCUT2D eigenvalue weighted by Gasteiger charge is -2.40. The molecule has 5 nitrogen and oxygen atoms in total. The number of carbonyl (C=O) groups excluding carboxylic acids is 1. The van der Waals surface area contributed by atoms with Crippen LogP contribution in [0.3, 0.4) is 0 Å². The average Bonchev–Trinajstić information content (AvgIpc) is 2.37. The first kappa shape index (κ1) is 17.8. The van der Waals surface area contributed by atoms with Gasteiger partial charge in [-0.1, -0.05) is 34.1 Å². The summed E-state index contributed by atoms with van der Waals surface area (Å²) < 4.78 is 0. The van der Waals surface area contributed by atoms with Crippen molar-refractivity contribution in [2.75, 3.05) is 26.7 Å². The third kappa shape index (κ3) is 4.61. The summed E-state index contributed by atoms with van der Waals surface area (Å²) in [6.07, 6.45) is 2.68. The molecule has 0 aromatic heterocycles. The maximum absolute atomic E-state index is 12.4. The standard InChI is InChI=1S/C16H30N2O3/c1-6-7-16(13(19)20)8-10-18(11-9-16)14(21)17(5)12-15(2,3)4/h6-12H2,1-5H3,(H,19,20). The predicted octanol–water partition coefficient (Wildman–Crippen LogP) is 3.05. The molecule has 0 atom stereocenters. The molecule has 122 valence electrons. The summed E-state index contributed by atoms with van der Waals surface area (Å²) in [4.78, 5) is 27.5. The van der Waals surface area contributed by atoms with E-state index >= 15 is 0 Å². The molecule has 0 radical (unpaired) electrons. The number of nitrogens with zero attached hydrogens (tertiary/aromatic N) is 2. The van der Waals surface area contributed by atoms with Crippen LogP contribution in [-0.4, -0.2) is 53.6 Å². The van der Waals surface area contributed by atoms with Gasteiger partial charge in [0.05, 0.1) is 5.41 Å². The van der Waals surface area contributed by atoms with Gasteiger partial charge in [0.2, 0.25) is 0 Å². The summed E-state index contributed by atoms with van der Waals surface area (Å²) in [5, 5.41) is 9.49. The Hall–Kier alpha value is -1.26. The van der Waals surface area contributed by atoms with E-state index in [1.165, 1.54) is 0 Å². The van der Waals surface area contributed by atoms with Crippen LogP contribution in [0.4, 0.5) is 4.79 Å². The second kappa shape index (κ2) is 6.67. The van der Waals surface area contributed by atoms with Gasteiger partial charge in [-0.15, -0.1) is 0 Å². The molecule has 1 heterocycles. The van der Waals surface area contributed by atoms with E-state index in [1.54, 1.807) is 9.80 Å². The van der Waals surface area contributed by atoms with Crippen LogP contribution >= 0.6 is 0 Å². The number of carboxylic acids is 1. The van der Waals surface area contributed by atoms with Crippen LogP contribution in [0, 0.1) is 10.8 Å². The number of hydrogen-bond donors (Lipinski definition) is 1. The van der Waals surface area contributed by atoms with Crippen LogP contribution < -0.4 is 0 Å². The Morgan fingerprint density at radius 2 is 1.76 bits per heavy atom. The number of carboxylic acid groups (broad SMARTS) is 1. The smallest absolute Gasteiger partial charge is 0.319 e. The Bertz CT molecular complexity index is 379. The third-order valence-corrected chi connectivity index (χ3v) is 4.21.